The third-order valence-corrected chi connectivity index (χ3v) is 9.21. The number of aryl methyl sites for hydroxylation is 1. The molecule has 2 aliphatic carbocycles. The van der Waals surface area contributed by atoms with Crippen molar-refractivity contribution >= 4 is 27.5 Å². The van der Waals surface area contributed by atoms with Crippen LogP contribution in [0.4, 0.5) is 0 Å². The number of amides is 1. The Morgan fingerprint density at radius 1 is 1.31 bits per heavy atom. The molecular weight excluding hydrogens is 422 g/mol. The minimum Gasteiger partial charge on any atom is -0.490 e. The standard InChI is InChI=1S/C25H35N3O3S/c1-2-25(28-13-15-30-16-14-28)10-7-18(8-11-25)31-19-9-12-27-24-23(19)22-17(4-6-21(26)29)3-5-20(22)32-24/h9,12,17-18H,2-8,10-11,13-16H2,1H3,(H2,26,29)/t17-,18-,25-/m1/s1. The number of primary amides is 1. The van der Waals surface area contributed by atoms with Crippen molar-refractivity contribution in [3.05, 3.63) is 22.7 Å². The topological polar surface area (TPSA) is 77.7 Å². The normalized spacial score (nSPS) is 28.7. The van der Waals surface area contributed by atoms with Crippen LogP contribution in [0, 0.1) is 0 Å². The highest BCUT2D eigenvalue weighted by molar-refractivity contribution is 7.19. The van der Waals surface area contributed by atoms with Crippen LogP contribution in [0.2, 0.25) is 0 Å². The lowest BCUT2D eigenvalue weighted by molar-refractivity contribution is -0.118. The largest absolute Gasteiger partial charge is 0.490 e. The maximum absolute atomic E-state index is 11.4. The second-order valence-electron chi connectivity index (χ2n) is 9.66. The highest BCUT2D eigenvalue weighted by Crippen LogP contribution is 2.48. The molecule has 7 heteroatoms. The van der Waals surface area contributed by atoms with E-state index in [0.717, 1.165) is 69.0 Å². The van der Waals surface area contributed by atoms with E-state index in [2.05, 4.69) is 16.8 Å². The van der Waals surface area contributed by atoms with Crippen LogP contribution in [-0.2, 0) is 16.0 Å². The fraction of sp³-hybridized carbons (Fsp3) is 0.680. The Morgan fingerprint density at radius 2 is 2.09 bits per heavy atom. The van der Waals surface area contributed by atoms with Gasteiger partial charge in [-0.05, 0) is 68.9 Å². The molecule has 2 fully saturated rings. The summed E-state index contributed by atoms with van der Waals surface area (Å²) in [6, 6.07) is 2.04. The first kappa shape index (κ1) is 22.1. The van der Waals surface area contributed by atoms with E-state index >= 15 is 0 Å². The van der Waals surface area contributed by atoms with Crippen molar-refractivity contribution in [2.45, 2.75) is 82.3 Å². The van der Waals surface area contributed by atoms with Gasteiger partial charge in [0.2, 0.25) is 5.91 Å². The number of hydrogen-bond acceptors (Lipinski definition) is 6. The molecule has 0 spiro atoms. The maximum Gasteiger partial charge on any atom is 0.217 e. The predicted molar refractivity (Wildman–Crippen MR) is 127 cm³/mol. The highest BCUT2D eigenvalue weighted by atomic mass is 32.1. The number of hydrogen-bond donors (Lipinski definition) is 1. The molecule has 0 unspecified atom stereocenters. The van der Waals surface area contributed by atoms with E-state index in [1.807, 2.05) is 12.3 Å². The van der Waals surface area contributed by atoms with Crippen molar-refractivity contribution in [2.24, 2.45) is 5.73 Å². The zero-order chi connectivity index (χ0) is 22.1. The summed E-state index contributed by atoms with van der Waals surface area (Å²) < 4.78 is 12.3. The monoisotopic (exact) mass is 457 g/mol. The van der Waals surface area contributed by atoms with Crippen LogP contribution in [0.3, 0.4) is 0 Å². The number of pyridine rings is 1. The molecule has 1 atom stereocenters. The molecule has 3 aliphatic rings. The number of rotatable bonds is 7. The summed E-state index contributed by atoms with van der Waals surface area (Å²) in [5.74, 6) is 1.16. The molecular formula is C25H35N3O3S. The lowest BCUT2D eigenvalue weighted by Gasteiger charge is -2.49. The first-order chi connectivity index (χ1) is 15.6. The summed E-state index contributed by atoms with van der Waals surface area (Å²) in [5.41, 5.74) is 7.12. The lowest BCUT2D eigenvalue weighted by atomic mass is 9.77. The molecule has 3 heterocycles. The number of morpholine rings is 1. The molecule has 2 aromatic heterocycles. The molecule has 0 bridgehead atoms. The summed E-state index contributed by atoms with van der Waals surface area (Å²) >= 11 is 1.80. The average Bonchev–Trinajstić information content (AvgIpc) is 3.38. The van der Waals surface area contributed by atoms with Crippen molar-refractivity contribution in [1.29, 1.82) is 0 Å². The molecule has 1 saturated carbocycles. The fourth-order valence-corrected chi connectivity index (χ4v) is 7.45. The minimum atomic E-state index is -0.213. The van der Waals surface area contributed by atoms with Crippen LogP contribution in [0.15, 0.2) is 12.3 Å². The van der Waals surface area contributed by atoms with Crippen LogP contribution in [-0.4, -0.2) is 53.7 Å². The Morgan fingerprint density at radius 3 is 2.81 bits per heavy atom. The van der Waals surface area contributed by atoms with Crippen molar-refractivity contribution < 1.29 is 14.3 Å². The van der Waals surface area contributed by atoms with E-state index in [1.54, 1.807) is 11.3 Å². The van der Waals surface area contributed by atoms with Gasteiger partial charge in [-0.25, -0.2) is 4.98 Å². The van der Waals surface area contributed by atoms with Crippen molar-refractivity contribution in [3.8, 4) is 5.75 Å². The van der Waals surface area contributed by atoms with Gasteiger partial charge in [0, 0.05) is 36.1 Å². The van der Waals surface area contributed by atoms with Gasteiger partial charge in [0.25, 0.3) is 0 Å². The third-order valence-electron chi connectivity index (χ3n) is 8.03. The van der Waals surface area contributed by atoms with Gasteiger partial charge in [0.05, 0.1) is 24.7 Å². The Bertz CT molecular complexity index is 961. The van der Waals surface area contributed by atoms with Crippen LogP contribution < -0.4 is 10.5 Å². The van der Waals surface area contributed by atoms with Crippen LogP contribution in [0.5, 0.6) is 5.75 Å². The molecule has 174 valence electrons. The number of nitrogens with two attached hydrogens (primary N) is 1. The number of nitrogens with zero attached hydrogens (tertiary/aromatic N) is 2. The first-order valence-corrected chi connectivity index (χ1v) is 13.1. The van der Waals surface area contributed by atoms with Crippen molar-refractivity contribution in [1.82, 2.24) is 9.88 Å². The van der Waals surface area contributed by atoms with E-state index in [-0.39, 0.29) is 12.0 Å². The maximum atomic E-state index is 11.4. The number of thiophene rings is 1. The van der Waals surface area contributed by atoms with Gasteiger partial charge in [-0.3, -0.25) is 9.69 Å². The van der Waals surface area contributed by atoms with Crippen molar-refractivity contribution in [2.75, 3.05) is 26.3 Å². The van der Waals surface area contributed by atoms with E-state index in [9.17, 15) is 4.79 Å². The predicted octanol–water partition coefficient (Wildman–Crippen LogP) is 4.39. The molecule has 0 aromatic carbocycles. The number of carbonyl (C=O) groups is 1. The summed E-state index contributed by atoms with van der Waals surface area (Å²) in [6.45, 7) is 6.16. The average molecular weight is 458 g/mol. The smallest absolute Gasteiger partial charge is 0.217 e. The van der Waals surface area contributed by atoms with E-state index in [0.29, 0.717) is 17.9 Å². The minimum absolute atomic E-state index is 0.213. The fourth-order valence-electron chi connectivity index (χ4n) is 6.19. The third kappa shape index (κ3) is 4.15. The van der Waals surface area contributed by atoms with Gasteiger partial charge in [-0.2, -0.15) is 0 Å². The van der Waals surface area contributed by atoms with E-state index in [4.69, 9.17) is 15.2 Å². The van der Waals surface area contributed by atoms with Crippen LogP contribution >= 0.6 is 11.3 Å². The number of carbonyl (C=O) groups excluding carboxylic acids is 1. The SMILES string of the molecule is CC[C@]1(N2CCOCC2)CC[C@H](Oc2ccnc3sc4c(c23)[C@@H](CCC(N)=O)CC4)CC1. The molecule has 1 amide bonds. The molecule has 1 saturated heterocycles. The van der Waals surface area contributed by atoms with Gasteiger partial charge >= 0.3 is 0 Å². The zero-order valence-electron chi connectivity index (χ0n) is 19.1. The number of ether oxygens (including phenoxy) is 2. The number of fused-ring (bicyclic) bond motifs is 3. The Balaban J connectivity index is 1.33. The van der Waals surface area contributed by atoms with Gasteiger partial charge in [0.15, 0.2) is 0 Å². The quantitative estimate of drug-likeness (QED) is 0.667. The first-order valence-electron chi connectivity index (χ1n) is 12.3. The van der Waals surface area contributed by atoms with E-state index in [1.165, 1.54) is 35.1 Å². The van der Waals surface area contributed by atoms with Gasteiger partial charge in [-0.15, -0.1) is 11.3 Å². The zero-order valence-corrected chi connectivity index (χ0v) is 19.9. The molecule has 2 aromatic rings. The van der Waals surface area contributed by atoms with Crippen LogP contribution in [0.1, 0.15) is 74.6 Å². The summed E-state index contributed by atoms with van der Waals surface area (Å²) in [6.07, 6.45) is 11.3. The molecule has 0 radical (unpaired) electrons. The van der Waals surface area contributed by atoms with E-state index < -0.39 is 0 Å². The van der Waals surface area contributed by atoms with Crippen LogP contribution in [0.25, 0.3) is 10.2 Å². The van der Waals surface area contributed by atoms with Gasteiger partial charge < -0.3 is 15.2 Å². The molecule has 2 N–H and O–H groups in total. The Hall–Kier alpha value is -1.70. The summed E-state index contributed by atoms with van der Waals surface area (Å²) in [7, 11) is 0. The highest BCUT2D eigenvalue weighted by Gasteiger charge is 2.40. The summed E-state index contributed by atoms with van der Waals surface area (Å²) in [5, 5.41) is 1.19. The number of aromatic nitrogens is 1. The van der Waals surface area contributed by atoms with Gasteiger partial charge in [-0.1, -0.05) is 6.92 Å². The second-order valence-corrected chi connectivity index (χ2v) is 10.7. The second kappa shape index (κ2) is 9.27. The molecule has 1 aliphatic heterocycles. The Labute approximate surface area is 194 Å². The molecule has 5 rings (SSSR count). The summed E-state index contributed by atoms with van der Waals surface area (Å²) in [4.78, 5) is 21.2. The lowest BCUT2D eigenvalue weighted by Crippen LogP contribution is -2.55. The van der Waals surface area contributed by atoms with Crippen molar-refractivity contribution in [3.63, 3.8) is 0 Å². The Kier molecular flexibility index (Phi) is 6.41. The van der Waals surface area contributed by atoms with Gasteiger partial charge in [0.1, 0.15) is 10.6 Å². The molecule has 32 heavy (non-hydrogen) atoms. The molecule has 6 nitrogen and oxygen atoms in total.